The topological polar surface area (TPSA) is 63.6 Å². The van der Waals surface area contributed by atoms with E-state index in [-0.39, 0.29) is 30.8 Å². The molecule has 15 heavy (non-hydrogen) atoms. The average molecular weight is 210 g/mol. The Balaban J connectivity index is 2.56. The van der Waals surface area contributed by atoms with E-state index in [4.69, 9.17) is 9.84 Å². The third-order valence-electron chi connectivity index (χ3n) is 2.37. The molecule has 1 aliphatic rings. The van der Waals surface area contributed by atoms with Gasteiger partial charge in [-0.2, -0.15) is 0 Å². The molecule has 1 saturated heterocycles. The third kappa shape index (κ3) is 3.28. The molecule has 0 spiro atoms. The van der Waals surface area contributed by atoms with E-state index in [9.17, 15) is 9.59 Å². The molecule has 1 fully saturated rings. The third-order valence-corrected chi connectivity index (χ3v) is 2.37. The summed E-state index contributed by atoms with van der Waals surface area (Å²) in [6.07, 6.45) is 1.13. The van der Waals surface area contributed by atoms with Gasteiger partial charge in [0.25, 0.3) is 0 Å². The molecular weight excluding hydrogens is 196 g/mol. The maximum Gasteiger partial charge on any atom is 0.310 e. The fourth-order valence-corrected chi connectivity index (χ4v) is 1.59. The lowest BCUT2D eigenvalue weighted by Gasteiger charge is -2.08. The summed E-state index contributed by atoms with van der Waals surface area (Å²) in [7, 11) is 0. The average Bonchev–Trinajstić information content (AvgIpc) is 2.49. The Labute approximate surface area is 88.6 Å². The van der Waals surface area contributed by atoms with Crippen molar-refractivity contribution in [3.63, 3.8) is 0 Å². The smallest absolute Gasteiger partial charge is 0.310 e. The Morgan fingerprint density at radius 3 is 2.93 bits per heavy atom. The van der Waals surface area contributed by atoms with Crippen molar-refractivity contribution in [1.29, 1.82) is 0 Å². The van der Waals surface area contributed by atoms with E-state index in [1.165, 1.54) is 0 Å². The van der Waals surface area contributed by atoms with Gasteiger partial charge in [0.15, 0.2) is 0 Å². The zero-order valence-electron chi connectivity index (χ0n) is 8.66. The summed E-state index contributed by atoms with van der Waals surface area (Å²) in [4.78, 5) is 21.8. The minimum atomic E-state index is -0.897. The van der Waals surface area contributed by atoms with Crippen LogP contribution in [0.3, 0.4) is 0 Å². The summed E-state index contributed by atoms with van der Waals surface area (Å²) in [6.45, 7) is 2.14. The van der Waals surface area contributed by atoms with Crippen molar-refractivity contribution >= 4 is 11.9 Å². The predicted octanol–water partition coefficient (Wildman–Crippen LogP) is 1.05. The summed E-state index contributed by atoms with van der Waals surface area (Å²) >= 11 is 0. The number of cyclic esters (lactones) is 1. The minimum Gasteiger partial charge on any atom is -0.481 e. The highest BCUT2D eigenvalue weighted by Gasteiger charge is 2.37. The molecule has 1 N–H and O–H groups in total. The van der Waals surface area contributed by atoms with Gasteiger partial charge in [0.1, 0.15) is 0 Å². The number of carbonyl (C=O) groups is 2. The molecule has 0 unspecified atom stereocenters. The van der Waals surface area contributed by atoms with Gasteiger partial charge >= 0.3 is 11.9 Å². The van der Waals surface area contributed by atoms with E-state index in [2.05, 4.69) is 11.8 Å². The van der Waals surface area contributed by atoms with Gasteiger partial charge in [-0.3, -0.25) is 9.59 Å². The van der Waals surface area contributed by atoms with Crippen LogP contribution in [0.5, 0.6) is 0 Å². The van der Waals surface area contributed by atoms with Gasteiger partial charge in [-0.25, -0.2) is 0 Å². The van der Waals surface area contributed by atoms with Crippen LogP contribution in [0.25, 0.3) is 0 Å². The molecule has 0 aromatic heterocycles. The molecule has 1 aliphatic heterocycles. The van der Waals surface area contributed by atoms with Crippen LogP contribution in [0.15, 0.2) is 0 Å². The number of hydrogen-bond acceptors (Lipinski definition) is 3. The van der Waals surface area contributed by atoms with Crippen molar-refractivity contribution in [2.24, 2.45) is 11.8 Å². The molecular formula is C11H14O4. The second kappa shape index (κ2) is 5.40. The Morgan fingerprint density at radius 1 is 1.60 bits per heavy atom. The molecule has 1 heterocycles. The van der Waals surface area contributed by atoms with Crippen LogP contribution in [0.4, 0.5) is 0 Å². The largest absolute Gasteiger partial charge is 0.481 e. The van der Waals surface area contributed by atoms with E-state index in [1.807, 2.05) is 6.92 Å². The number of rotatable bonds is 3. The van der Waals surface area contributed by atoms with Crippen molar-refractivity contribution in [3.8, 4) is 11.8 Å². The molecule has 1 rings (SSSR count). The molecule has 0 aliphatic carbocycles. The summed E-state index contributed by atoms with van der Waals surface area (Å²) in [6, 6.07) is 0. The molecule has 4 heteroatoms. The summed E-state index contributed by atoms with van der Waals surface area (Å²) in [5.74, 6) is 3.94. The van der Waals surface area contributed by atoms with Crippen molar-refractivity contribution in [2.75, 3.05) is 6.61 Å². The Hall–Kier alpha value is -1.50. The zero-order valence-corrected chi connectivity index (χ0v) is 8.66. The number of hydrogen-bond donors (Lipinski definition) is 1. The molecule has 0 radical (unpaired) electrons. The lowest BCUT2D eigenvalue weighted by molar-refractivity contribution is -0.141. The lowest BCUT2D eigenvalue weighted by Crippen LogP contribution is -2.18. The molecule has 0 amide bonds. The van der Waals surface area contributed by atoms with Crippen LogP contribution < -0.4 is 0 Å². The summed E-state index contributed by atoms with van der Waals surface area (Å²) < 4.78 is 4.84. The Morgan fingerprint density at radius 2 is 2.33 bits per heavy atom. The molecule has 0 aromatic rings. The number of esters is 1. The highest BCUT2D eigenvalue weighted by atomic mass is 16.5. The molecule has 0 bridgehead atoms. The lowest BCUT2D eigenvalue weighted by atomic mass is 9.90. The predicted molar refractivity (Wildman–Crippen MR) is 52.9 cm³/mol. The number of carboxylic acid groups (broad SMARTS) is 1. The maximum atomic E-state index is 11.3. The standard InChI is InChI=1S/C11H14O4/c1-2-3-4-5-9-8(6-10(12)13)7-15-11(9)14/h8-9H,2,5-7H2,1H3,(H,12,13)/t8-,9+/m0/s1. The van der Waals surface area contributed by atoms with E-state index < -0.39 is 5.97 Å². The summed E-state index contributed by atoms with van der Waals surface area (Å²) in [5.41, 5.74) is 0. The molecule has 4 nitrogen and oxygen atoms in total. The first-order valence-electron chi connectivity index (χ1n) is 4.99. The molecule has 0 aromatic carbocycles. The number of ether oxygens (including phenoxy) is 1. The second-order valence-electron chi connectivity index (χ2n) is 3.51. The van der Waals surface area contributed by atoms with Gasteiger partial charge in [0.05, 0.1) is 18.9 Å². The quantitative estimate of drug-likeness (QED) is 0.558. The highest BCUT2D eigenvalue weighted by Crippen LogP contribution is 2.27. The van der Waals surface area contributed by atoms with Gasteiger partial charge in [0.2, 0.25) is 0 Å². The molecule has 82 valence electrons. The monoisotopic (exact) mass is 210 g/mol. The van der Waals surface area contributed by atoms with Crippen LogP contribution in [0.1, 0.15) is 26.2 Å². The number of carboxylic acids is 1. The van der Waals surface area contributed by atoms with Gasteiger partial charge in [-0.1, -0.05) is 6.92 Å². The highest BCUT2D eigenvalue weighted by molar-refractivity contribution is 5.77. The zero-order chi connectivity index (χ0) is 11.3. The van der Waals surface area contributed by atoms with Gasteiger partial charge in [-0.15, -0.1) is 11.8 Å². The Kier molecular flexibility index (Phi) is 4.17. The van der Waals surface area contributed by atoms with E-state index in [0.29, 0.717) is 6.42 Å². The maximum absolute atomic E-state index is 11.3. The molecule has 2 atom stereocenters. The fraction of sp³-hybridized carbons (Fsp3) is 0.636. The number of carbonyl (C=O) groups excluding carboxylic acids is 1. The van der Waals surface area contributed by atoms with Gasteiger partial charge < -0.3 is 9.84 Å². The van der Waals surface area contributed by atoms with Crippen LogP contribution in [0.2, 0.25) is 0 Å². The van der Waals surface area contributed by atoms with Crippen molar-refractivity contribution in [1.82, 2.24) is 0 Å². The van der Waals surface area contributed by atoms with Crippen LogP contribution in [-0.4, -0.2) is 23.7 Å². The van der Waals surface area contributed by atoms with Gasteiger partial charge in [0, 0.05) is 18.8 Å². The first-order chi connectivity index (χ1) is 7.15. The second-order valence-corrected chi connectivity index (χ2v) is 3.51. The Bertz CT molecular complexity index is 310. The summed E-state index contributed by atoms with van der Waals surface area (Å²) in [5, 5.41) is 8.65. The minimum absolute atomic E-state index is 0.0236. The molecule has 0 saturated carbocycles. The first-order valence-corrected chi connectivity index (χ1v) is 4.99. The van der Waals surface area contributed by atoms with E-state index in [0.717, 1.165) is 6.42 Å². The van der Waals surface area contributed by atoms with E-state index >= 15 is 0 Å². The SMILES string of the molecule is CCC#CC[C@H]1C(=O)OC[C@@H]1CC(=O)O. The number of aliphatic carboxylic acids is 1. The van der Waals surface area contributed by atoms with Crippen LogP contribution in [-0.2, 0) is 14.3 Å². The van der Waals surface area contributed by atoms with Gasteiger partial charge in [-0.05, 0) is 0 Å². The van der Waals surface area contributed by atoms with Crippen molar-refractivity contribution < 1.29 is 19.4 Å². The first kappa shape index (κ1) is 11.6. The van der Waals surface area contributed by atoms with E-state index in [1.54, 1.807) is 0 Å². The van der Waals surface area contributed by atoms with Crippen LogP contribution >= 0.6 is 0 Å². The van der Waals surface area contributed by atoms with Crippen molar-refractivity contribution in [2.45, 2.75) is 26.2 Å². The van der Waals surface area contributed by atoms with Crippen LogP contribution in [0, 0.1) is 23.7 Å². The fourth-order valence-electron chi connectivity index (χ4n) is 1.59. The normalized spacial score (nSPS) is 24.2. The van der Waals surface area contributed by atoms with Crippen molar-refractivity contribution in [3.05, 3.63) is 0 Å².